The zero-order chi connectivity index (χ0) is 13.1. The number of esters is 1. The van der Waals surface area contributed by atoms with Gasteiger partial charge in [0.1, 0.15) is 6.04 Å². The standard InChI is InChI=1S/C12H13N3O3/c1-7(12(17)18-2)14-11(16)8-3-4-9-6-13-15-10(9)5-8/h3-7H,1-2H3,(H,13,15)(H,14,16)/t7-/m0/s1. The number of benzene rings is 1. The molecule has 0 fully saturated rings. The van der Waals surface area contributed by atoms with E-state index in [1.54, 1.807) is 31.3 Å². The molecular weight excluding hydrogens is 234 g/mol. The van der Waals surface area contributed by atoms with Gasteiger partial charge >= 0.3 is 5.97 Å². The first-order valence-electron chi connectivity index (χ1n) is 5.43. The van der Waals surface area contributed by atoms with Crippen molar-refractivity contribution in [3.05, 3.63) is 30.0 Å². The number of fused-ring (bicyclic) bond motifs is 1. The molecule has 0 spiro atoms. The van der Waals surface area contributed by atoms with Crippen LogP contribution < -0.4 is 5.32 Å². The quantitative estimate of drug-likeness (QED) is 0.788. The minimum atomic E-state index is -0.681. The number of amides is 1. The van der Waals surface area contributed by atoms with Crippen molar-refractivity contribution in [3.8, 4) is 0 Å². The first kappa shape index (κ1) is 12.1. The van der Waals surface area contributed by atoms with Gasteiger partial charge < -0.3 is 10.1 Å². The second-order valence-corrected chi connectivity index (χ2v) is 3.89. The summed E-state index contributed by atoms with van der Waals surface area (Å²) in [6, 6.07) is 4.47. The van der Waals surface area contributed by atoms with Crippen LogP contribution in [0.2, 0.25) is 0 Å². The number of nitrogens with zero attached hydrogens (tertiary/aromatic N) is 1. The average Bonchev–Trinajstić information content (AvgIpc) is 2.84. The Kier molecular flexibility index (Phi) is 3.27. The number of carbonyl (C=O) groups excluding carboxylic acids is 2. The zero-order valence-electron chi connectivity index (χ0n) is 10.1. The van der Waals surface area contributed by atoms with Gasteiger partial charge in [-0.05, 0) is 19.1 Å². The Labute approximate surface area is 103 Å². The molecular formula is C12H13N3O3. The van der Waals surface area contributed by atoms with Gasteiger partial charge in [-0.25, -0.2) is 4.79 Å². The lowest BCUT2D eigenvalue weighted by Crippen LogP contribution is -2.39. The topological polar surface area (TPSA) is 84.1 Å². The lowest BCUT2D eigenvalue weighted by Gasteiger charge is -2.11. The molecule has 2 aromatic rings. The summed E-state index contributed by atoms with van der Waals surface area (Å²) in [6.45, 7) is 1.57. The first-order valence-corrected chi connectivity index (χ1v) is 5.43. The molecule has 0 bridgehead atoms. The van der Waals surface area contributed by atoms with Gasteiger partial charge in [-0.1, -0.05) is 6.07 Å². The van der Waals surface area contributed by atoms with Crippen LogP contribution in [-0.4, -0.2) is 35.2 Å². The van der Waals surface area contributed by atoms with Gasteiger partial charge in [0.2, 0.25) is 0 Å². The van der Waals surface area contributed by atoms with E-state index in [0.717, 1.165) is 10.9 Å². The lowest BCUT2D eigenvalue weighted by molar-refractivity contribution is -0.142. The van der Waals surface area contributed by atoms with Crippen LogP contribution in [0.15, 0.2) is 24.4 Å². The van der Waals surface area contributed by atoms with Crippen molar-refractivity contribution in [1.82, 2.24) is 15.5 Å². The summed E-state index contributed by atoms with van der Waals surface area (Å²) < 4.78 is 4.54. The number of aromatic nitrogens is 2. The monoisotopic (exact) mass is 247 g/mol. The fourth-order valence-electron chi connectivity index (χ4n) is 1.59. The van der Waals surface area contributed by atoms with Crippen LogP contribution in [-0.2, 0) is 9.53 Å². The predicted octanol–water partition coefficient (Wildman–Crippen LogP) is 0.854. The van der Waals surface area contributed by atoms with Gasteiger partial charge in [0.15, 0.2) is 0 Å². The maximum atomic E-state index is 11.9. The first-order chi connectivity index (χ1) is 8.61. The molecule has 1 aromatic carbocycles. The molecule has 6 heteroatoms. The number of aromatic amines is 1. The van der Waals surface area contributed by atoms with Gasteiger partial charge in [-0.3, -0.25) is 9.89 Å². The molecule has 0 aliphatic rings. The van der Waals surface area contributed by atoms with Gasteiger partial charge in [-0.15, -0.1) is 0 Å². The molecule has 1 aromatic heterocycles. The Morgan fingerprint density at radius 3 is 2.94 bits per heavy atom. The molecule has 2 N–H and O–H groups in total. The van der Waals surface area contributed by atoms with E-state index < -0.39 is 12.0 Å². The largest absolute Gasteiger partial charge is 0.467 e. The van der Waals surface area contributed by atoms with Gasteiger partial charge in [0, 0.05) is 10.9 Å². The smallest absolute Gasteiger partial charge is 0.328 e. The van der Waals surface area contributed by atoms with Crippen molar-refractivity contribution in [2.24, 2.45) is 0 Å². The number of hydrogen-bond donors (Lipinski definition) is 2. The normalized spacial score (nSPS) is 12.1. The van der Waals surface area contributed by atoms with Gasteiger partial charge in [0.05, 0.1) is 18.8 Å². The molecule has 0 radical (unpaired) electrons. The minimum Gasteiger partial charge on any atom is -0.467 e. The number of nitrogens with one attached hydrogen (secondary N) is 2. The van der Waals surface area contributed by atoms with Crippen molar-refractivity contribution in [3.63, 3.8) is 0 Å². The SMILES string of the molecule is COC(=O)[C@H](C)NC(=O)c1ccc2cn[nH]c2c1. The van der Waals surface area contributed by atoms with Gasteiger partial charge in [0.25, 0.3) is 5.91 Å². The average molecular weight is 247 g/mol. The Morgan fingerprint density at radius 2 is 2.22 bits per heavy atom. The fourth-order valence-corrected chi connectivity index (χ4v) is 1.59. The van der Waals surface area contributed by atoms with Crippen molar-refractivity contribution in [2.75, 3.05) is 7.11 Å². The van der Waals surface area contributed by atoms with E-state index >= 15 is 0 Å². The highest BCUT2D eigenvalue weighted by Gasteiger charge is 2.17. The third-order valence-corrected chi connectivity index (χ3v) is 2.61. The van der Waals surface area contributed by atoms with Crippen LogP contribution in [0.4, 0.5) is 0 Å². The van der Waals surface area contributed by atoms with Crippen molar-refractivity contribution in [2.45, 2.75) is 13.0 Å². The molecule has 1 heterocycles. The summed E-state index contributed by atoms with van der Waals surface area (Å²) >= 11 is 0. The summed E-state index contributed by atoms with van der Waals surface area (Å²) in [4.78, 5) is 23.1. The number of rotatable bonds is 3. The second kappa shape index (κ2) is 4.87. The number of ether oxygens (including phenoxy) is 1. The molecule has 0 saturated carbocycles. The van der Waals surface area contributed by atoms with E-state index in [9.17, 15) is 9.59 Å². The summed E-state index contributed by atoms with van der Waals surface area (Å²) in [5, 5.41) is 10.1. The summed E-state index contributed by atoms with van der Waals surface area (Å²) in [5.74, 6) is -0.810. The number of hydrogen-bond acceptors (Lipinski definition) is 4. The Hall–Kier alpha value is -2.37. The highest BCUT2D eigenvalue weighted by Crippen LogP contribution is 2.12. The number of methoxy groups -OCH3 is 1. The highest BCUT2D eigenvalue weighted by molar-refractivity contribution is 5.99. The fraction of sp³-hybridized carbons (Fsp3) is 0.250. The lowest BCUT2D eigenvalue weighted by atomic mass is 10.1. The Balaban J connectivity index is 2.15. The highest BCUT2D eigenvalue weighted by atomic mass is 16.5. The predicted molar refractivity (Wildman–Crippen MR) is 65.0 cm³/mol. The third kappa shape index (κ3) is 2.32. The molecule has 18 heavy (non-hydrogen) atoms. The second-order valence-electron chi connectivity index (χ2n) is 3.89. The van der Waals surface area contributed by atoms with Gasteiger partial charge in [-0.2, -0.15) is 5.10 Å². The molecule has 2 rings (SSSR count). The molecule has 0 aliphatic heterocycles. The van der Waals surface area contributed by atoms with Crippen LogP contribution in [0.5, 0.6) is 0 Å². The van der Waals surface area contributed by atoms with E-state index in [2.05, 4.69) is 20.3 Å². The summed E-state index contributed by atoms with van der Waals surface area (Å²) in [7, 11) is 1.28. The molecule has 6 nitrogen and oxygen atoms in total. The van der Waals surface area contributed by atoms with Crippen LogP contribution in [0, 0.1) is 0 Å². The minimum absolute atomic E-state index is 0.329. The summed E-state index contributed by atoms with van der Waals surface area (Å²) in [6.07, 6.45) is 1.67. The zero-order valence-corrected chi connectivity index (χ0v) is 10.1. The molecule has 1 atom stereocenters. The number of H-pyrrole nitrogens is 1. The van der Waals surface area contributed by atoms with E-state index in [-0.39, 0.29) is 5.91 Å². The third-order valence-electron chi connectivity index (χ3n) is 2.61. The van der Waals surface area contributed by atoms with Crippen molar-refractivity contribution >= 4 is 22.8 Å². The van der Waals surface area contributed by atoms with Crippen molar-refractivity contribution in [1.29, 1.82) is 0 Å². The van der Waals surface area contributed by atoms with Crippen LogP contribution in [0.1, 0.15) is 17.3 Å². The van der Waals surface area contributed by atoms with E-state index in [1.807, 2.05) is 0 Å². The van der Waals surface area contributed by atoms with E-state index in [0.29, 0.717) is 5.56 Å². The molecule has 1 amide bonds. The van der Waals surface area contributed by atoms with Crippen LogP contribution in [0.25, 0.3) is 10.9 Å². The Bertz CT molecular complexity index is 591. The summed E-state index contributed by atoms with van der Waals surface area (Å²) in [5.41, 5.74) is 1.23. The molecule has 0 saturated heterocycles. The molecule has 94 valence electrons. The van der Waals surface area contributed by atoms with E-state index in [1.165, 1.54) is 7.11 Å². The maximum absolute atomic E-state index is 11.9. The maximum Gasteiger partial charge on any atom is 0.328 e. The van der Waals surface area contributed by atoms with E-state index in [4.69, 9.17) is 0 Å². The number of carbonyl (C=O) groups is 2. The molecule has 0 unspecified atom stereocenters. The van der Waals surface area contributed by atoms with Crippen LogP contribution in [0.3, 0.4) is 0 Å². The van der Waals surface area contributed by atoms with Crippen LogP contribution >= 0.6 is 0 Å². The molecule has 0 aliphatic carbocycles. The van der Waals surface area contributed by atoms with Crippen molar-refractivity contribution < 1.29 is 14.3 Å². The Morgan fingerprint density at radius 1 is 1.44 bits per heavy atom.